The molecule has 1 amide bonds. The Hall–Kier alpha value is -1.03. The van der Waals surface area contributed by atoms with Crippen LogP contribution in [0, 0.1) is 0 Å². The molecule has 0 saturated heterocycles. The molecule has 0 spiro atoms. The maximum Gasteiger partial charge on any atom is 0.253 e. The molecule has 2 rings (SSSR count). The van der Waals surface area contributed by atoms with Gasteiger partial charge in [0.1, 0.15) is 0 Å². The lowest BCUT2D eigenvalue weighted by Crippen LogP contribution is -2.26. The topological polar surface area (TPSA) is 55.1 Å². The Labute approximate surface area is 90.8 Å². The van der Waals surface area contributed by atoms with E-state index >= 15 is 0 Å². The van der Waals surface area contributed by atoms with E-state index in [1.165, 1.54) is 0 Å². The quantitative estimate of drug-likeness (QED) is 0.793. The molecule has 74 valence electrons. The van der Waals surface area contributed by atoms with E-state index in [0.717, 1.165) is 17.3 Å². The standard InChI is InChI=1S/C10H11BrN2O/c11-6-1-4-8(9(12)5-6)10(14)13-7-2-3-7/h1,4-5,7H,2-3,12H2,(H,13,14). The number of benzene rings is 1. The van der Waals surface area contributed by atoms with Crippen LogP contribution in [0.4, 0.5) is 5.69 Å². The lowest BCUT2D eigenvalue weighted by atomic mass is 10.1. The number of carbonyl (C=O) groups is 1. The van der Waals surface area contributed by atoms with Crippen molar-refractivity contribution in [1.29, 1.82) is 0 Å². The molecular formula is C10H11BrN2O. The summed E-state index contributed by atoms with van der Waals surface area (Å²) in [6, 6.07) is 5.66. The maximum atomic E-state index is 11.6. The van der Waals surface area contributed by atoms with E-state index < -0.39 is 0 Å². The lowest BCUT2D eigenvalue weighted by Gasteiger charge is -2.06. The fourth-order valence-corrected chi connectivity index (χ4v) is 1.61. The van der Waals surface area contributed by atoms with Gasteiger partial charge in [0.05, 0.1) is 5.56 Å². The molecule has 0 atom stereocenters. The molecule has 1 aliphatic carbocycles. The van der Waals surface area contributed by atoms with Gasteiger partial charge in [-0.1, -0.05) is 15.9 Å². The Balaban J connectivity index is 2.17. The number of hydrogen-bond donors (Lipinski definition) is 2. The lowest BCUT2D eigenvalue weighted by molar-refractivity contribution is 0.0952. The van der Waals surface area contributed by atoms with Crippen molar-refractivity contribution in [3.8, 4) is 0 Å². The van der Waals surface area contributed by atoms with Gasteiger partial charge in [-0.25, -0.2) is 0 Å². The molecule has 1 aromatic carbocycles. The molecule has 0 bridgehead atoms. The number of nitrogens with two attached hydrogens (primary N) is 1. The molecule has 3 N–H and O–H groups in total. The van der Waals surface area contributed by atoms with Crippen molar-refractivity contribution in [2.75, 3.05) is 5.73 Å². The number of amides is 1. The van der Waals surface area contributed by atoms with Crippen LogP contribution in [0.2, 0.25) is 0 Å². The number of hydrogen-bond acceptors (Lipinski definition) is 2. The van der Waals surface area contributed by atoms with Crippen molar-refractivity contribution in [1.82, 2.24) is 5.32 Å². The summed E-state index contributed by atoms with van der Waals surface area (Å²) < 4.78 is 0.887. The summed E-state index contributed by atoms with van der Waals surface area (Å²) in [6.45, 7) is 0. The number of rotatable bonds is 2. The Morgan fingerprint density at radius 1 is 1.50 bits per heavy atom. The van der Waals surface area contributed by atoms with Crippen LogP contribution in [0.25, 0.3) is 0 Å². The van der Waals surface area contributed by atoms with Gasteiger partial charge in [-0.2, -0.15) is 0 Å². The van der Waals surface area contributed by atoms with Crippen molar-refractivity contribution in [2.24, 2.45) is 0 Å². The highest BCUT2D eigenvalue weighted by Gasteiger charge is 2.24. The summed E-state index contributed by atoms with van der Waals surface area (Å²) in [5.41, 5.74) is 6.79. The average molecular weight is 255 g/mol. The molecule has 1 aliphatic rings. The summed E-state index contributed by atoms with van der Waals surface area (Å²) in [4.78, 5) is 11.6. The number of carbonyl (C=O) groups excluding carboxylic acids is 1. The molecule has 0 radical (unpaired) electrons. The van der Waals surface area contributed by atoms with Crippen molar-refractivity contribution >= 4 is 27.5 Å². The first-order valence-electron chi connectivity index (χ1n) is 4.52. The number of nitrogen functional groups attached to an aromatic ring is 1. The first-order chi connectivity index (χ1) is 6.66. The highest BCUT2D eigenvalue weighted by molar-refractivity contribution is 9.10. The van der Waals surface area contributed by atoms with E-state index in [2.05, 4.69) is 21.2 Å². The molecule has 0 aliphatic heterocycles. The summed E-state index contributed by atoms with van der Waals surface area (Å²) in [5.74, 6) is -0.0718. The van der Waals surface area contributed by atoms with Gasteiger partial charge in [-0.05, 0) is 31.0 Å². The molecule has 1 saturated carbocycles. The predicted molar refractivity (Wildman–Crippen MR) is 59.0 cm³/mol. The molecule has 14 heavy (non-hydrogen) atoms. The van der Waals surface area contributed by atoms with E-state index in [1.54, 1.807) is 12.1 Å². The fourth-order valence-electron chi connectivity index (χ4n) is 1.23. The Morgan fingerprint density at radius 2 is 2.21 bits per heavy atom. The molecular weight excluding hydrogens is 244 g/mol. The third-order valence-corrected chi connectivity index (χ3v) is 2.66. The second kappa shape index (κ2) is 3.61. The van der Waals surface area contributed by atoms with Crippen LogP contribution in [0.5, 0.6) is 0 Å². The number of halogens is 1. The summed E-state index contributed by atoms with van der Waals surface area (Å²) in [7, 11) is 0. The second-order valence-electron chi connectivity index (χ2n) is 3.48. The summed E-state index contributed by atoms with van der Waals surface area (Å²) in [6.07, 6.45) is 2.17. The molecule has 4 heteroatoms. The van der Waals surface area contributed by atoms with Crippen molar-refractivity contribution in [3.05, 3.63) is 28.2 Å². The Kier molecular flexibility index (Phi) is 2.46. The van der Waals surface area contributed by atoms with Crippen molar-refractivity contribution in [3.63, 3.8) is 0 Å². The van der Waals surface area contributed by atoms with Gasteiger partial charge in [0.2, 0.25) is 0 Å². The normalized spacial score (nSPS) is 15.2. The van der Waals surface area contributed by atoms with Crippen LogP contribution < -0.4 is 11.1 Å². The molecule has 1 aromatic rings. The zero-order chi connectivity index (χ0) is 10.1. The van der Waals surface area contributed by atoms with E-state index in [0.29, 0.717) is 17.3 Å². The first-order valence-corrected chi connectivity index (χ1v) is 5.32. The van der Waals surface area contributed by atoms with E-state index in [-0.39, 0.29) is 5.91 Å². The van der Waals surface area contributed by atoms with Gasteiger partial charge < -0.3 is 11.1 Å². The van der Waals surface area contributed by atoms with Crippen LogP contribution in [-0.4, -0.2) is 11.9 Å². The monoisotopic (exact) mass is 254 g/mol. The maximum absolute atomic E-state index is 11.6. The van der Waals surface area contributed by atoms with E-state index in [4.69, 9.17) is 5.73 Å². The zero-order valence-electron chi connectivity index (χ0n) is 7.59. The Bertz CT molecular complexity index is 374. The SMILES string of the molecule is Nc1cc(Br)ccc1C(=O)NC1CC1. The minimum absolute atomic E-state index is 0.0718. The van der Waals surface area contributed by atoms with Gasteiger partial charge in [-0.3, -0.25) is 4.79 Å². The third kappa shape index (κ3) is 2.07. The highest BCUT2D eigenvalue weighted by atomic mass is 79.9. The minimum atomic E-state index is -0.0718. The Morgan fingerprint density at radius 3 is 2.79 bits per heavy atom. The zero-order valence-corrected chi connectivity index (χ0v) is 9.17. The second-order valence-corrected chi connectivity index (χ2v) is 4.39. The van der Waals surface area contributed by atoms with Gasteiger partial charge in [-0.15, -0.1) is 0 Å². The van der Waals surface area contributed by atoms with Crippen molar-refractivity contribution in [2.45, 2.75) is 18.9 Å². The summed E-state index contributed by atoms with van der Waals surface area (Å²) in [5, 5.41) is 2.90. The van der Waals surface area contributed by atoms with Gasteiger partial charge in [0, 0.05) is 16.2 Å². The van der Waals surface area contributed by atoms with Crippen LogP contribution in [0.1, 0.15) is 23.2 Å². The molecule has 3 nitrogen and oxygen atoms in total. The highest BCUT2D eigenvalue weighted by Crippen LogP contribution is 2.22. The number of anilines is 1. The third-order valence-electron chi connectivity index (χ3n) is 2.17. The van der Waals surface area contributed by atoms with Crippen LogP contribution in [0.3, 0.4) is 0 Å². The molecule has 0 heterocycles. The van der Waals surface area contributed by atoms with Crippen LogP contribution in [-0.2, 0) is 0 Å². The largest absolute Gasteiger partial charge is 0.398 e. The smallest absolute Gasteiger partial charge is 0.253 e. The van der Waals surface area contributed by atoms with E-state index in [9.17, 15) is 4.79 Å². The van der Waals surface area contributed by atoms with E-state index in [1.807, 2.05) is 6.07 Å². The van der Waals surface area contributed by atoms with Gasteiger partial charge in [0.25, 0.3) is 5.91 Å². The average Bonchev–Trinajstić information content (AvgIpc) is 2.87. The summed E-state index contributed by atoms with van der Waals surface area (Å²) >= 11 is 3.30. The van der Waals surface area contributed by atoms with Gasteiger partial charge >= 0.3 is 0 Å². The molecule has 0 aromatic heterocycles. The van der Waals surface area contributed by atoms with Gasteiger partial charge in [0.15, 0.2) is 0 Å². The molecule has 0 unspecified atom stereocenters. The number of nitrogens with one attached hydrogen (secondary N) is 1. The van der Waals surface area contributed by atoms with Crippen LogP contribution in [0.15, 0.2) is 22.7 Å². The van der Waals surface area contributed by atoms with Crippen LogP contribution >= 0.6 is 15.9 Å². The first kappa shape index (κ1) is 9.52. The predicted octanol–water partition coefficient (Wildman–Crippen LogP) is 1.92. The minimum Gasteiger partial charge on any atom is -0.398 e. The fraction of sp³-hybridized carbons (Fsp3) is 0.300. The van der Waals surface area contributed by atoms with Crippen molar-refractivity contribution < 1.29 is 4.79 Å². The molecule has 1 fully saturated rings.